The molecule has 0 amide bonds. The molecule has 18 heavy (non-hydrogen) atoms. The molecule has 0 atom stereocenters. The average Bonchev–Trinajstić information content (AvgIpc) is 2.96. The summed E-state index contributed by atoms with van der Waals surface area (Å²) in [6, 6.07) is 0.487. The Morgan fingerprint density at radius 2 is 2.22 bits per heavy atom. The molecular weight excluding hydrogens is 244 g/mol. The monoisotopic (exact) mass is 264 g/mol. The highest BCUT2D eigenvalue weighted by Gasteiger charge is 2.03. The highest BCUT2D eigenvalue weighted by molar-refractivity contribution is 7.09. The molecule has 0 saturated carbocycles. The number of rotatable bonds is 6. The highest BCUT2D eigenvalue weighted by atomic mass is 32.1. The number of nitrogens with zero attached hydrogens (tertiary/aromatic N) is 3. The van der Waals surface area contributed by atoms with E-state index in [-0.39, 0.29) is 0 Å². The molecule has 2 rings (SSSR count). The van der Waals surface area contributed by atoms with Crippen LogP contribution < -0.4 is 5.32 Å². The van der Waals surface area contributed by atoms with E-state index in [1.54, 1.807) is 11.3 Å². The summed E-state index contributed by atoms with van der Waals surface area (Å²) in [6.07, 6.45) is 4.97. The Morgan fingerprint density at radius 1 is 1.39 bits per heavy atom. The maximum Gasteiger partial charge on any atom is 0.0953 e. The quantitative estimate of drug-likeness (QED) is 0.871. The molecule has 0 bridgehead atoms. The fraction of sp³-hybridized carbons (Fsp3) is 0.538. The van der Waals surface area contributed by atoms with Crippen LogP contribution in [0.2, 0.25) is 0 Å². The molecule has 0 aliphatic rings. The molecule has 0 spiro atoms. The van der Waals surface area contributed by atoms with Gasteiger partial charge in [-0.1, -0.05) is 20.8 Å². The standard InChI is InChI=1S/C13H20N4S/c1-4-13-16-12(8-18-13)7-17-6-11(15-9-17)5-14-10(2)3/h6,8-10,14H,4-5,7H2,1-3H3. The number of hydrogen-bond donors (Lipinski definition) is 1. The molecule has 5 heteroatoms. The topological polar surface area (TPSA) is 42.7 Å². The number of aromatic nitrogens is 3. The third kappa shape index (κ3) is 3.65. The Kier molecular flexibility index (Phi) is 4.49. The van der Waals surface area contributed by atoms with E-state index < -0.39 is 0 Å². The van der Waals surface area contributed by atoms with Gasteiger partial charge in [-0.05, 0) is 6.42 Å². The van der Waals surface area contributed by atoms with Crippen molar-refractivity contribution in [2.24, 2.45) is 0 Å². The minimum Gasteiger partial charge on any atom is -0.331 e. The van der Waals surface area contributed by atoms with Gasteiger partial charge in [0, 0.05) is 24.2 Å². The van der Waals surface area contributed by atoms with Crippen LogP contribution in [0, 0.1) is 0 Å². The molecule has 1 N–H and O–H groups in total. The fourth-order valence-corrected chi connectivity index (χ4v) is 2.40. The first-order valence-corrected chi connectivity index (χ1v) is 7.22. The zero-order chi connectivity index (χ0) is 13.0. The Hall–Kier alpha value is -1.20. The second-order valence-corrected chi connectivity index (χ2v) is 5.60. The lowest BCUT2D eigenvalue weighted by Gasteiger charge is -2.04. The molecule has 0 radical (unpaired) electrons. The predicted molar refractivity (Wildman–Crippen MR) is 74.8 cm³/mol. The van der Waals surface area contributed by atoms with E-state index in [0.717, 1.165) is 30.9 Å². The first-order chi connectivity index (χ1) is 8.67. The van der Waals surface area contributed by atoms with Crippen LogP contribution in [0.3, 0.4) is 0 Å². The summed E-state index contributed by atoms with van der Waals surface area (Å²) in [5, 5.41) is 6.69. The molecule has 4 nitrogen and oxygen atoms in total. The van der Waals surface area contributed by atoms with Crippen molar-refractivity contribution >= 4 is 11.3 Å². The normalized spacial score (nSPS) is 11.3. The average molecular weight is 264 g/mol. The number of thiazole rings is 1. The summed E-state index contributed by atoms with van der Waals surface area (Å²) in [7, 11) is 0. The summed E-state index contributed by atoms with van der Waals surface area (Å²) in [4.78, 5) is 8.95. The lowest BCUT2D eigenvalue weighted by molar-refractivity contribution is 0.582. The molecule has 2 aromatic rings. The van der Waals surface area contributed by atoms with Crippen molar-refractivity contribution in [1.29, 1.82) is 0 Å². The Balaban J connectivity index is 1.93. The molecule has 2 heterocycles. The van der Waals surface area contributed by atoms with Crippen LogP contribution in [0.5, 0.6) is 0 Å². The smallest absolute Gasteiger partial charge is 0.0953 e. The summed E-state index contributed by atoms with van der Waals surface area (Å²) in [5.41, 5.74) is 2.20. The van der Waals surface area contributed by atoms with Gasteiger partial charge in [0.05, 0.1) is 29.3 Å². The minimum absolute atomic E-state index is 0.487. The van der Waals surface area contributed by atoms with Crippen LogP contribution in [0.4, 0.5) is 0 Å². The van der Waals surface area contributed by atoms with E-state index in [1.165, 1.54) is 5.01 Å². The van der Waals surface area contributed by atoms with Crippen LogP contribution in [0.25, 0.3) is 0 Å². The van der Waals surface area contributed by atoms with Gasteiger partial charge in [0.1, 0.15) is 0 Å². The van der Waals surface area contributed by atoms with E-state index in [9.17, 15) is 0 Å². The molecule has 0 unspecified atom stereocenters. The second-order valence-electron chi connectivity index (χ2n) is 4.66. The Labute approximate surface area is 112 Å². The number of hydrogen-bond acceptors (Lipinski definition) is 4. The van der Waals surface area contributed by atoms with Gasteiger partial charge in [0.25, 0.3) is 0 Å². The summed E-state index contributed by atoms with van der Waals surface area (Å²) >= 11 is 1.73. The summed E-state index contributed by atoms with van der Waals surface area (Å²) in [6.45, 7) is 8.04. The molecule has 0 saturated heterocycles. The molecule has 98 valence electrons. The SMILES string of the molecule is CCc1nc(Cn2cnc(CNC(C)C)c2)cs1. The highest BCUT2D eigenvalue weighted by Crippen LogP contribution is 2.11. The van der Waals surface area contributed by atoms with E-state index in [0.29, 0.717) is 6.04 Å². The molecule has 0 aromatic carbocycles. The van der Waals surface area contributed by atoms with Gasteiger partial charge >= 0.3 is 0 Å². The van der Waals surface area contributed by atoms with Gasteiger partial charge < -0.3 is 9.88 Å². The lowest BCUT2D eigenvalue weighted by atomic mass is 10.3. The van der Waals surface area contributed by atoms with Gasteiger partial charge in [-0.15, -0.1) is 11.3 Å². The van der Waals surface area contributed by atoms with E-state index in [2.05, 4.69) is 52.2 Å². The maximum atomic E-state index is 4.56. The Bertz CT molecular complexity index is 487. The lowest BCUT2D eigenvalue weighted by Crippen LogP contribution is -2.21. The van der Waals surface area contributed by atoms with Crippen LogP contribution in [-0.2, 0) is 19.5 Å². The van der Waals surface area contributed by atoms with Crippen LogP contribution in [-0.4, -0.2) is 20.6 Å². The van der Waals surface area contributed by atoms with Crippen LogP contribution >= 0.6 is 11.3 Å². The summed E-state index contributed by atoms with van der Waals surface area (Å²) in [5.74, 6) is 0. The second kappa shape index (κ2) is 6.11. The first-order valence-electron chi connectivity index (χ1n) is 6.34. The number of nitrogens with one attached hydrogen (secondary N) is 1. The van der Waals surface area contributed by atoms with Crippen molar-refractivity contribution in [2.45, 2.75) is 46.3 Å². The predicted octanol–water partition coefficient (Wildman–Crippen LogP) is 2.45. The van der Waals surface area contributed by atoms with Crippen molar-refractivity contribution in [2.75, 3.05) is 0 Å². The zero-order valence-corrected chi connectivity index (χ0v) is 12.0. The van der Waals surface area contributed by atoms with Crippen LogP contribution in [0.1, 0.15) is 37.2 Å². The van der Waals surface area contributed by atoms with Gasteiger partial charge in [-0.3, -0.25) is 0 Å². The fourth-order valence-electron chi connectivity index (χ4n) is 1.66. The molecule has 0 aliphatic carbocycles. The number of aryl methyl sites for hydroxylation is 1. The van der Waals surface area contributed by atoms with Crippen molar-refractivity contribution in [1.82, 2.24) is 19.9 Å². The zero-order valence-electron chi connectivity index (χ0n) is 11.2. The van der Waals surface area contributed by atoms with E-state index >= 15 is 0 Å². The first kappa shape index (κ1) is 13.2. The van der Waals surface area contributed by atoms with Gasteiger partial charge in [0.2, 0.25) is 0 Å². The van der Waals surface area contributed by atoms with E-state index in [1.807, 2.05) is 6.33 Å². The van der Waals surface area contributed by atoms with Gasteiger partial charge in [-0.25, -0.2) is 9.97 Å². The van der Waals surface area contributed by atoms with E-state index in [4.69, 9.17) is 0 Å². The number of imidazole rings is 1. The molecule has 0 fully saturated rings. The third-order valence-electron chi connectivity index (χ3n) is 2.62. The minimum atomic E-state index is 0.487. The van der Waals surface area contributed by atoms with Crippen molar-refractivity contribution in [3.63, 3.8) is 0 Å². The Morgan fingerprint density at radius 3 is 2.89 bits per heavy atom. The van der Waals surface area contributed by atoms with Gasteiger partial charge in [-0.2, -0.15) is 0 Å². The molecule has 2 aromatic heterocycles. The van der Waals surface area contributed by atoms with Crippen molar-refractivity contribution < 1.29 is 0 Å². The summed E-state index contributed by atoms with van der Waals surface area (Å²) < 4.78 is 2.09. The van der Waals surface area contributed by atoms with Gasteiger partial charge in [0.15, 0.2) is 0 Å². The molecule has 0 aliphatic heterocycles. The van der Waals surface area contributed by atoms with Crippen molar-refractivity contribution in [3.8, 4) is 0 Å². The maximum absolute atomic E-state index is 4.56. The third-order valence-corrected chi connectivity index (χ3v) is 3.67. The largest absolute Gasteiger partial charge is 0.331 e. The molecular formula is C13H20N4S. The van der Waals surface area contributed by atoms with Crippen LogP contribution in [0.15, 0.2) is 17.9 Å². The van der Waals surface area contributed by atoms with Crippen molar-refractivity contribution in [3.05, 3.63) is 34.3 Å².